The summed E-state index contributed by atoms with van der Waals surface area (Å²) in [5.41, 5.74) is 4.99. The van der Waals surface area contributed by atoms with Crippen molar-refractivity contribution in [2.75, 3.05) is 5.33 Å². The van der Waals surface area contributed by atoms with Crippen molar-refractivity contribution in [3.05, 3.63) is 28.8 Å². The number of hydrogen-bond donors (Lipinski definition) is 0. The van der Waals surface area contributed by atoms with Gasteiger partial charge in [0, 0.05) is 10.6 Å². The number of hydrogen-bond acceptors (Lipinski definition) is 0. The van der Waals surface area contributed by atoms with Gasteiger partial charge in [-0.2, -0.15) is 0 Å². The Morgan fingerprint density at radius 3 is 1.64 bits per heavy atom. The average Bonchev–Trinajstić information content (AvgIpc) is 2.43. The van der Waals surface area contributed by atoms with E-state index in [2.05, 4.69) is 96.2 Å². The van der Waals surface area contributed by atoms with Gasteiger partial charge < -0.3 is 0 Å². The molecule has 25 heavy (non-hydrogen) atoms. The Labute approximate surface area is 167 Å². The first-order chi connectivity index (χ1) is 11.3. The molecule has 0 saturated carbocycles. The maximum Gasteiger partial charge on any atom is 0.00896 e. The zero-order chi connectivity index (χ0) is 19.5. The van der Waals surface area contributed by atoms with Crippen molar-refractivity contribution in [2.45, 2.75) is 97.8 Å². The van der Waals surface area contributed by atoms with Crippen LogP contribution in [0.15, 0.2) is 12.1 Å². The molecule has 0 saturated heterocycles. The molecule has 1 rings (SSSR count). The normalized spacial score (nSPS) is 13.7. The summed E-state index contributed by atoms with van der Waals surface area (Å²) in [7, 11) is 1.38. The molecule has 1 aromatic carbocycles. The van der Waals surface area contributed by atoms with E-state index in [-0.39, 0.29) is 16.2 Å². The fourth-order valence-corrected chi connectivity index (χ4v) is 4.80. The molecular formula is C23H38BrP. The smallest absolute Gasteiger partial charge is 0.00896 e. The second kappa shape index (κ2) is 8.71. The highest BCUT2D eigenvalue weighted by Crippen LogP contribution is 2.35. The summed E-state index contributed by atoms with van der Waals surface area (Å²) >= 11 is 3.53. The third kappa shape index (κ3) is 6.84. The molecule has 0 aliphatic carbocycles. The maximum absolute atomic E-state index is 3.53. The van der Waals surface area contributed by atoms with Crippen LogP contribution in [-0.4, -0.2) is 11.1 Å². The van der Waals surface area contributed by atoms with Crippen molar-refractivity contribution in [2.24, 2.45) is 0 Å². The molecule has 0 heterocycles. The Morgan fingerprint density at radius 1 is 0.800 bits per heavy atom. The van der Waals surface area contributed by atoms with E-state index in [9.17, 15) is 0 Å². The van der Waals surface area contributed by atoms with Gasteiger partial charge in [-0.15, -0.1) is 0 Å². The van der Waals surface area contributed by atoms with E-state index in [0.717, 1.165) is 5.33 Å². The third-order valence-corrected chi connectivity index (χ3v) is 6.27. The Hall–Kier alpha value is -0.130. The van der Waals surface area contributed by atoms with Crippen molar-refractivity contribution in [1.29, 1.82) is 0 Å². The van der Waals surface area contributed by atoms with Gasteiger partial charge in [0.15, 0.2) is 0 Å². The minimum Gasteiger partial charge on any atom is -0.0928 e. The quantitative estimate of drug-likeness (QED) is 0.260. The van der Waals surface area contributed by atoms with Crippen molar-refractivity contribution >= 4 is 35.2 Å². The molecule has 2 heteroatoms. The monoisotopic (exact) mass is 424 g/mol. The summed E-state index contributed by atoms with van der Waals surface area (Å²) in [6, 6.07) is 4.95. The molecular weight excluding hydrogens is 387 g/mol. The molecule has 0 atom stereocenters. The SMILES string of the molecule is CC(C)(C)c1cc(C(C)(C)C)c(P=CCCCCBr)c(C(C)(C)C)c1. The van der Waals surface area contributed by atoms with Crippen molar-refractivity contribution in [3.63, 3.8) is 0 Å². The van der Waals surface area contributed by atoms with Crippen LogP contribution in [0.1, 0.15) is 98.3 Å². The lowest BCUT2D eigenvalue weighted by Gasteiger charge is -2.32. The van der Waals surface area contributed by atoms with Gasteiger partial charge in [-0.1, -0.05) is 104 Å². The topological polar surface area (TPSA) is 0 Å². The maximum atomic E-state index is 3.53. The van der Waals surface area contributed by atoms with Gasteiger partial charge in [-0.3, -0.25) is 0 Å². The number of halogens is 1. The van der Waals surface area contributed by atoms with Crippen LogP contribution < -0.4 is 5.30 Å². The zero-order valence-electron chi connectivity index (χ0n) is 17.9. The van der Waals surface area contributed by atoms with Crippen LogP contribution in [0.3, 0.4) is 0 Å². The molecule has 0 nitrogen and oxygen atoms in total. The van der Waals surface area contributed by atoms with E-state index < -0.39 is 0 Å². The lowest BCUT2D eigenvalue weighted by atomic mass is 9.75. The molecule has 1 aromatic rings. The molecule has 0 bridgehead atoms. The van der Waals surface area contributed by atoms with Gasteiger partial charge in [0.25, 0.3) is 0 Å². The van der Waals surface area contributed by atoms with Crippen LogP contribution in [0.25, 0.3) is 0 Å². The van der Waals surface area contributed by atoms with Gasteiger partial charge in [0.1, 0.15) is 0 Å². The molecule has 0 amide bonds. The summed E-state index contributed by atoms with van der Waals surface area (Å²) in [6.45, 7) is 21.1. The summed E-state index contributed by atoms with van der Waals surface area (Å²) in [4.78, 5) is 0. The van der Waals surface area contributed by atoms with Crippen molar-refractivity contribution in [1.82, 2.24) is 0 Å². The fourth-order valence-electron chi connectivity index (χ4n) is 2.84. The molecule has 0 aromatic heterocycles. The van der Waals surface area contributed by atoms with E-state index in [1.807, 2.05) is 0 Å². The zero-order valence-corrected chi connectivity index (χ0v) is 20.4. The second-order valence-corrected chi connectivity index (χ2v) is 12.0. The van der Waals surface area contributed by atoms with Gasteiger partial charge in [0.05, 0.1) is 0 Å². The lowest BCUT2D eigenvalue weighted by Crippen LogP contribution is -2.29. The standard InChI is InChI=1S/C23H38BrP/c1-21(2,3)17-15-18(22(4,5)6)20(19(16-17)23(7,8)9)25-14-12-10-11-13-24/h14-16H,10-13H2,1-9H3. The van der Waals surface area contributed by atoms with Gasteiger partial charge in [-0.25, -0.2) is 0 Å². The molecule has 0 N–H and O–H groups in total. The number of benzene rings is 1. The first-order valence-electron chi connectivity index (χ1n) is 9.56. The van der Waals surface area contributed by atoms with Gasteiger partial charge in [0.2, 0.25) is 0 Å². The molecule has 0 aliphatic rings. The van der Waals surface area contributed by atoms with Gasteiger partial charge in [-0.05, 0) is 52.2 Å². The highest BCUT2D eigenvalue weighted by atomic mass is 79.9. The van der Waals surface area contributed by atoms with Crippen LogP contribution in [0.5, 0.6) is 0 Å². The summed E-state index contributed by atoms with van der Waals surface area (Å²) < 4.78 is 0. The summed E-state index contributed by atoms with van der Waals surface area (Å²) in [5, 5.41) is 2.64. The lowest BCUT2D eigenvalue weighted by molar-refractivity contribution is 0.554. The highest BCUT2D eigenvalue weighted by Gasteiger charge is 2.28. The van der Waals surface area contributed by atoms with Crippen molar-refractivity contribution in [3.8, 4) is 0 Å². The van der Waals surface area contributed by atoms with Crippen LogP contribution >= 0.6 is 24.1 Å². The predicted molar refractivity (Wildman–Crippen MR) is 123 cm³/mol. The van der Waals surface area contributed by atoms with E-state index in [1.165, 1.54) is 49.5 Å². The first kappa shape index (κ1) is 22.9. The van der Waals surface area contributed by atoms with Crippen molar-refractivity contribution < 1.29 is 0 Å². The largest absolute Gasteiger partial charge is 0.0928 e. The average molecular weight is 425 g/mol. The number of rotatable bonds is 5. The Morgan fingerprint density at radius 2 is 1.28 bits per heavy atom. The first-order valence-corrected chi connectivity index (χ1v) is 11.6. The number of unbranched alkanes of at least 4 members (excludes halogenated alkanes) is 2. The second-order valence-electron chi connectivity index (χ2n) is 10.2. The Bertz CT molecular complexity index is 557. The predicted octanol–water partition coefficient (Wildman–Crippen LogP) is 7.52. The van der Waals surface area contributed by atoms with E-state index in [1.54, 1.807) is 0 Å². The molecule has 142 valence electrons. The van der Waals surface area contributed by atoms with E-state index in [4.69, 9.17) is 0 Å². The fraction of sp³-hybridized carbons (Fsp3) is 0.696. The summed E-state index contributed by atoms with van der Waals surface area (Å²) in [6.07, 6.45) is 3.72. The molecule has 0 unspecified atom stereocenters. The minimum absolute atomic E-state index is 0.160. The number of alkyl halides is 1. The Balaban J connectivity index is 3.54. The van der Waals surface area contributed by atoms with Gasteiger partial charge >= 0.3 is 0 Å². The highest BCUT2D eigenvalue weighted by molar-refractivity contribution is 9.09. The van der Waals surface area contributed by atoms with E-state index >= 15 is 0 Å². The minimum atomic E-state index is 0.160. The molecule has 0 fully saturated rings. The molecule has 0 aliphatic heterocycles. The van der Waals surface area contributed by atoms with Crippen LogP contribution in [0.2, 0.25) is 0 Å². The third-order valence-electron chi connectivity index (χ3n) is 4.53. The van der Waals surface area contributed by atoms with Crippen LogP contribution in [-0.2, 0) is 16.2 Å². The molecule has 0 spiro atoms. The molecule has 0 radical (unpaired) electrons. The summed E-state index contributed by atoms with van der Waals surface area (Å²) in [5.74, 6) is 2.47. The Kier molecular flexibility index (Phi) is 7.98. The van der Waals surface area contributed by atoms with E-state index in [0.29, 0.717) is 0 Å². The van der Waals surface area contributed by atoms with Crippen LogP contribution in [0, 0.1) is 0 Å². The van der Waals surface area contributed by atoms with Crippen LogP contribution in [0.4, 0.5) is 0 Å².